The minimum absolute atomic E-state index is 0.129. The number of aliphatic hydroxyl groups excluding tert-OH is 1. The topological polar surface area (TPSA) is 78.1 Å². The Morgan fingerprint density at radius 1 is 1.30 bits per heavy atom. The smallest absolute Gasteiger partial charge is 0.336 e. The van der Waals surface area contributed by atoms with E-state index in [1.807, 2.05) is 27.7 Å². The van der Waals surface area contributed by atoms with Gasteiger partial charge in [-0.25, -0.2) is 4.79 Å². The molecule has 1 aromatic heterocycles. The van der Waals surface area contributed by atoms with E-state index < -0.39 is 11.7 Å². The van der Waals surface area contributed by atoms with Crippen molar-refractivity contribution in [1.82, 2.24) is 0 Å². The van der Waals surface area contributed by atoms with Crippen molar-refractivity contribution in [2.75, 3.05) is 7.11 Å². The van der Waals surface area contributed by atoms with Gasteiger partial charge in [-0.05, 0) is 39.2 Å². The quantitative estimate of drug-likeness (QED) is 0.811. The summed E-state index contributed by atoms with van der Waals surface area (Å²) in [5.41, 5.74) is 1.69. The zero-order valence-electron chi connectivity index (χ0n) is 16.4. The molecule has 0 saturated carbocycles. The Morgan fingerprint density at radius 3 is 2.74 bits per heavy atom. The Bertz CT molecular complexity index is 958. The number of fused-ring (bicyclic) bond motifs is 6. The lowest BCUT2D eigenvalue weighted by Gasteiger charge is -2.39. The number of rotatable bonds is 2. The van der Waals surface area contributed by atoms with Crippen molar-refractivity contribution in [1.29, 1.82) is 0 Å². The zero-order chi connectivity index (χ0) is 19.5. The summed E-state index contributed by atoms with van der Waals surface area (Å²) in [4.78, 5) is 12.2. The molecule has 0 fully saturated rings. The molecule has 2 aliphatic heterocycles. The van der Waals surface area contributed by atoms with E-state index >= 15 is 0 Å². The number of hydrogen-bond acceptors (Lipinski definition) is 6. The first kappa shape index (κ1) is 18.3. The van der Waals surface area contributed by atoms with Gasteiger partial charge in [-0.2, -0.15) is 0 Å². The van der Waals surface area contributed by atoms with Crippen LogP contribution < -0.4 is 15.1 Å². The third-order valence-corrected chi connectivity index (χ3v) is 5.80. The van der Waals surface area contributed by atoms with Crippen LogP contribution in [0.5, 0.6) is 11.5 Å². The standard InChI is InChI=1S/C21H26O6/c1-10-11(2)25-18-13-6-7-21(3,4)27-19(13)15-12(9-24-5)8-14(22)26-20(15)16(18)17(10)23/h8,10-11,17,23H,6-7,9H2,1-5H3/t10-,11-,17+/m1/s1. The largest absolute Gasteiger partial charge is 0.489 e. The van der Waals surface area contributed by atoms with E-state index in [0.717, 1.165) is 18.4 Å². The molecule has 0 unspecified atom stereocenters. The number of aliphatic hydroxyl groups is 1. The molecule has 0 radical (unpaired) electrons. The Morgan fingerprint density at radius 2 is 2.04 bits per heavy atom. The molecule has 146 valence electrons. The van der Waals surface area contributed by atoms with Crippen molar-refractivity contribution in [2.24, 2.45) is 5.92 Å². The van der Waals surface area contributed by atoms with Crippen molar-refractivity contribution in [3.05, 3.63) is 33.2 Å². The van der Waals surface area contributed by atoms with Crippen molar-refractivity contribution < 1.29 is 23.7 Å². The maximum absolute atomic E-state index is 12.2. The molecule has 6 heteroatoms. The summed E-state index contributed by atoms with van der Waals surface area (Å²) in [6, 6.07) is 1.44. The van der Waals surface area contributed by atoms with Gasteiger partial charge in [0, 0.05) is 24.7 Å². The molecule has 0 amide bonds. The molecule has 2 aromatic rings. The van der Waals surface area contributed by atoms with Gasteiger partial charge in [0.15, 0.2) is 5.58 Å². The van der Waals surface area contributed by atoms with Gasteiger partial charge in [-0.3, -0.25) is 0 Å². The van der Waals surface area contributed by atoms with Crippen LogP contribution in [0.15, 0.2) is 15.3 Å². The molecule has 27 heavy (non-hydrogen) atoms. The van der Waals surface area contributed by atoms with E-state index in [0.29, 0.717) is 33.6 Å². The maximum Gasteiger partial charge on any atom is 0.336 e. The molecule has 3 atom stereocenters. The van der Waals surface area contributed by atoms with Crippen molar-refractivity contribution in [2.45, 2.75) is 65.0 Å². The van der Waals surface area contributed by atoms with E-state index in [1.54, 1.807) is 7.11 Å². The summed E-state index contributed by atoms with van der Waals surface area (Å²) >= 11 is 0. The molecule has 0 bridgehead atoms. The van der Waals surface area contributed by atoms with Gasteiger partial charge in [0.2, 0.25) is 0 Å². The van der Waals surface area contributed by atoms with Crippen LogP contribution in [0.1, 0.15) is 56.9 Å². The molecule has 1 N–H and O–H groups in total. The summed E-state index contributed by atoms with van der Waals surface area (Å²) in [6.07, 6.45) is 0.655. The highest BCUT2D eigenvalue weighted by atomic mass is 16.5. The normalized spacial score (nSPS) is 26.1. The van der Waals surface area contributed by atoms with E-state index in [9.17, 15) is 9.90 Å². The van der Waals surface area contributed by atoms with Crippen LogP contribution in [0.2, 0.25) is 0 Å². The summed E-state index contributed by atoms with van der Waals surface area (Å²) in [6.45, 7) is 8.20. The second kappa shape index (κ2) is 6.24. The van der Waals surface area contributed by atoms with Crippen molar-refractivity contribution >= 4 is 11.0 Å². The fourth-order valence-electron chi connectivity index (χ4n) is 4.08. The third-order valence-electron chi connectivity index (χ3n) is 5.80. The molecular formula is C21H26O6. The second-order valence-electron chi connectivity index (χ2n) is 8.27. The summed E-state index contributed by atoms with van der Waals surface area (Å²) in [5, 5.41) is 11.7. The summed E-state index contributed by atoms with van der Waals surface area (Å²) in [5.74, 6) is 1.14. The number of methoxy groups -OCH3 is 1. The highest BCUT2D eigenvalue weighted by Gasteiger charge is 2.41. The fourth-order valence-corrected chi connectivity index (χ4v) is 4.08. The Labute approximate surface area is 158 Å². The minimum Gasteiger partial charge on any atom is -0.489 e. The average Bonchev–Trinajstić information content (AvgIpc) is 2.58. The minimum atomic E-state index is -0.785. The predicted octanol–water partition coefficient (Wildman–Crippen LogP) is 3.49. The van der Waals surface area contributed by atoms with Gasteiger partial charge in [0.1, 0.15) is 23.2 Å². The van der Waals surface area contributed by atoms with E-state index in [2.05, 4.69) is 0 Å². The van der Waals surface area contributed by atoms with E-state index in [4.69, 9.17) is 18.6 Å². The summed E-state index contributed by atoms with van der Waals surface area (Å²) in [7, 11) is 1.58. The lowest BCUT2D eigenvalue weighted by molar-refractivity contribution is 0.0151. The van der Waals surface area contributed by atoms with Crippen LogP contribution in [0.4, 0.5) is 0 Å². The van der Waals surface area contributed by atoms with Gasteiger partial charge in [0.05, 0.1) is 23.7 Å². The molecule has 0 saturated heterocycles. The van der Waals surface area contributed by atoms with E-state index in [1.165, 1.54) is 6.07 Å². The van der Waals surface area contributed by atoms with Crippen LogP contribution in [0.3, 0.4) is 0 Å². The maximum atomic E-state index is 12.2. The predicted molar refractivity (Wildman–Crippen MR) is 100 cm³/mol. The first-order valence-electron chi connectivity index (χ1n) is 9.41. The van der Waals surface area contributed by atoms with Gasteiger partial charge in [-0.1, -0.05) is 6.92 Å². The van der Waals surface area contributed by atoms with Crippen LogP contribution in [-0.2, 0) is 17.8 Å². The number of benzene rings is 1. The van der Waals surface area contributed by atoms with Crippen LogP contribution in [-0.4, -0.2) is 23.9 Å². The van der Waals surface area contributed by atoms with Gasteiger partial charge in [0.25, 0.3) is 0 Å². The lowest BCUT2D eigenvalue weighted by Crippen LogP contribution is -2.36. The number of ether oxygens (including phenoxy) is 3. The Kier molecular flexibility index (Phi) is 4.24. The third kappa shape index (κ3) is 2.82. The van der Waals surface area contributed by atoms with Gasteiger partial charge >= 0.3 is 5.63 Å². The monoisotopic (exact) mass is 374 g/mol. The first-order chi connectivity index (χ1) is 12.7. The van der Waals surface area contributed by atoms with Crippen LogP contribution in [0, 0.1) is 5.92 Å². The van der Waals surface area contributed by atoms with Gasteiger partial charge in [-0.15, -0.1) is 0 Å². The molecule has 3 heterocycles. The summed E-state index contributed by atoms with van der Waals surface area (Å²) < 4.78 is 23.5. The average molecular weight is 374 g/mol. The molecule has 4 rings (SSSR count). The lowest BCUT2D eigenvalue weighted by atomic mass is 9.83. The van der Waals surface area contributed by atoms with E-state index in [-0.39, 0.29) is 24.2 Å². The number of hydrogen-bond donors (Lipinski definition) is 1. The Hall–Kier alpha value is -2.05. The SMILES string of the molecule is COCc1cc(=O)oc2c3c(c4c(c12)OC(C)(C)CC4)O[C@H](C)[C@@H](C)[C@@H]3O. The van der Waals surface area contributed by atoms with Crippen molar-refractivity contribution in [3.8, 4) is 11.5 Å². The molecular weight excluding hydrogens is 348 g/mol. The molecule has 6 nitrogen and oxygen atoms in total. The highest BCUT2D eigenvalue weighted by Crippen LogP contribution is 2.52. The zero-order valence-corrected chi connectivity index (χ0v) is 16.4. The van der Waals surface area contributed by atoms with Crippen LogP contribution in [0.25, 0.3) is 11.0 Å². The van der Waals surface area contributed by atoms with Crippen LogP contribution >= 0.6 is 0 Å². The van der Waals surface area contributed by atoms with Gasteiger partial charge < -0.3 is 23.7 Å². The second-order valence-corrected chi connectivity index (χ2v) is 8.27. The molecule has 1 aromatic carbocycles. The highest BCUT2D eigenvalue weighted by molar-refractivity contribution is 5.94. The molecule has 0 spiro atoms. The first-order valence-corrected chi connectivity index (χ1v) is 9.41. The van der Waals surface area contributed by atoms with Crippen molar-refractivity contribution in [3.63, 3.8) is 0 Å². The molecule has 0 aliphatic carbocycles. The fraction of sp³-hybridized carbons (Fsp3) is 0.571. The Balaban J connectivity index is 2.14. The molecule has 2 aliphatic rings.